The normalized spacial score (nSPS) is 28.6. The number of carbonyl (C=O) groups excluding carboxylic acids is 1. The Bertz CT molecular complexity index is 334. The number of hydrogen-bond acceptors (Lipinski definition) is 3. The lowest BCUT2D eigenvalue weighted by molar-refractivity contribution is -0.143. The maximum Gasteiger partial charge on any atom is 0.408 e. The lowest BCUT2D eigenvalue weighted by Gasteiger charge is -2.37. The van der Waals surface area contributed by atoms with Crippen molar-refractivity contribution in [3.8, 4) is 0 Å². The van der Waals surface area contributed by atoms with Crippen LogP contribution in [-0.4, -0.2) is 28.3 Å². The SMILES string of the molecule is CC1(NC(=O)OC(C)(C)C)CCCC(C(=O)O)C1. The molecule has 104 valence electrons. The zero-order valence-corrected chi connectivity index (χ0v) is 11.6. The lowest BCUT2D eigenvalue weighted by atomic mass is 9.77. The molecular formula is C13H23NO4. The Balaban J connectivity index is 2.59. The molecule has 0 radical (unpaired) electrons. The fourth-order valence-corrected chi connectivity index (χ4v) is 2.36. The number of carboxylic acid groups (broad SMARTS) is 1. The smallest absolute Gasteiger partial charge is 0.408 e. The molecule has 1 rings (SSSR count). The summed E-state index contributed by atoms with van der Waals surface area (Å²) in [5.74, 6) is -1.16. The Labute approximate surface area is 108 Å². The summed E-state index contributed by atoms with van der Waals surface area (Å²) in [6.07, 6.45) is 2.26. The van der Waals surface area contributed by atoms with Crippen LogP contribution in [0.3, 0.4) is 0 Å². The molecule has 0 aliphatic heterocycles. The predicted octanol–water partition coefficient (Wildman–Crippen LogP) is 2.54. The second kappa shape index (κ2) is 5.16. The molecule has 2 N–H and O–H groups in total. The summed E-state index contributed by atoms with van der Waals surface area (Å²) in [5.41, 5.74) is -1.02. The van der Waals surface area contributed by atoms with Gasteiger partial charge in [0.2, 0.25) is 0 Å². The molecule has 5 heteroatoms. The molecule has 1 aliphatic carbocycles. The van der Waals surface area contributed by atoms with Gasteiger partial charge in [0.15, 0.2) is 0 Å². The fraction of sp³-hybridized carbons (Fsp3) is 0.846. The summed E-state index contributed by atoms with van der Waals surface area (Å²) in [6.45, 7) is 7.29. The molecule has 1 aliphatic rings. The Morgan fingerprint density at radius 1 is 1.39 bits per heavy atom. The summed E-state index contributed by atoms with van der Waals surface area (Å²) < 4.78 is 5.20. The van der Waals surface area contributed by atoms with Crippen molar-refractivity contribution in [3.63, 3.8) is 0 Å². The average Bonchev–Trinajstić information content (AvgIpc) is 2.12. The van der Waals surface area contributed by atoms with E-state index in [-0.39, 0.29) is 5.92 Å². The number of carboxylic acids is 1. The molecule has 2 atom stereocenters. The molecule has 0 heterocycles. The van der Waals surface area contributed by atoms with E-state index >= 15 is 0 Å². The number of alkyl carbamates (subject to hydrolysis) is 1. The van der Waals surface area contributed by atoms with Gasteiger partial charge in [-0.25, -0.2) is 4.79 Å². The van der Waals surface area contributed by atoms with Gasteiger partial charge in [-0.15, -0.1) is 0 Å². The van der Waals surface area contributed by atoms with Gasteiger partial charge in [0.1, 0.15) is 5.60 Å². The van der Waals surface area contributed by atoms with Crippen molar-refractivity contribution in [2.75, 3.05) is 0 Å². The molecular weight excluding hydrogens is 234 g/mol. The van der Waals surface area contributed by atoms with Gasteiger partial charge in [0.25, 0.3) is 0 Å². The number of aliphatic carboxylic acids is 1. The Morgan fingerprint density at radius 2 is 2.00 bits per heavy atom. The maximum absolute atomic E-state index is 11.7. The first-order valence-corrected chi connectivity index (χ1v) is 6.35. The molecule has 0 aromatic heterocycles. The summed E-state index contributed by atoms with van der Waals surface area (Å²) in [7, 11) is 0. The van der Waals surface area contributed by atoms with E-state index in [4.69, 9.17) is 9.84 Å². The van der Waals surface area contributed by atoms with E-state index in [1.165, 1.54) is 0 Å². The molecule has 1 fully saturated rings. The van der Waals surface area contributed by atoms with Gasteiger partial charge in [-0.2, -0.15) is 0 Å². The first-order valence-electron chi connectivity index (χ1n) is 6.35. The van der Waals surface area contributed by atoms with Crippen LogP contribution in [0.5, 0.6) is 0 Å². The van der Waals surface area contributed by atoms with Crippen LogP contribution in [0.25, 0.3) is 0 Å². The fourth-order valence-electron chi connectivity index (χ4n) is 2.36. The van der Waals surface area contributed by atoms with Gasteiger partial charge >= 0.3 is 12.1 Å². The molecule has 5 nitrogen and oxygen atoms in total. The highest BCUT2D eigenvalue weighted by Gasteiger charge is 2.37. The quantitative estimate of drug-likeness (QED) is 0.797. The zero-order chi connectivity index (χ0) is 14.0. The van der Waals surface area contributed by atoms with E-state index < -0.39 is 23.2 Å². The van der Waals surface area contributed by atoms with Crippen LogP contribution in [0.4, 0.5) is 4.79 Å². The molecule has 0 saturated heterocycles. The number of carbonyl (C=O) groups is 2. The summed E-state index contributed by atoms with van der Waals surface area (Å²) >= 11 is 0. The van der Waals surface area contributed by atoms with Crippen molar-refractivity contribution < 1.29 is 19.4 Å². The van der Waals surface area contributed by atoms with Crippen LogP contribution in [-0.2, 0) is 9.53 Å². The highest BCUT2D eigenvalue weighted by Crippen LogP contribution is 2.32. The van der Waals surface area contributed by atoms with Crippen LogP contribution < -0.4 is 5.32 Å². The van der Waals surface area contributed by atoms with Crippen LogP contribution in [0.1, 0.15) is 53.4 Å². The van der Waals surface area contributed by atoms with E-state index in [0.717, 1.165) is 12.8 Å². The van der Waals surface area contributed by atoms with Crippen molar-refractivity contribution in [2.24, 2.45) is 5.92 Å². The van der Waals surface area contributed by atoms with Crippen molar-refractivity contribution in [2.45, 2.75) is 64.5 Å². The first kappa shape index (κ1) is 14.8. The van der Waals surface area contributed by atoms with Crippen LogP contribution >= 0.6 is 0 Å². The van der Waals surface area contributed by atoms with Crippen LogP contribution in [0, 0.1) is 5.92 Å². The van der Waals surface area contributed by atoms with Gasteiger partial charge < -0.3 is 15.2 Å². The lowest BCUT2D eigenvalue weighted by Crippen LogP contribution is -2.51. The number of nitrogens with one attached hydrogen (secondary N) is 1. The van der Waals surface area contributed by atoms with Gasteiger partial charge in [0.05, 0.1) is 5.92 Å². The van der Waals surface area contributed by atoms with Gasteiger partial charge in [-0.1, -0.05) is 6.42 Å². The second-order valence-corrected chi connectivity index (χ2v) is 6.32. The molecule has 0 aromatic carbocycles. The van der Waals surface area contributed by atoms with E-state index in [1.807, 2.05) is 6.92 Å². The van der Waals surface area contributed by atoms with E-state index in [2.05, 4.69) is 5.32 Å². The molecule has 1 saturated carbocycles. The Morgan fingerprint density at radius 3 is 2.50 bits per heavy atom. The minimum Gasteiger partial charge on any atom is -0.481 e. The summed E-state index contributed by atoms with van der Waals surface area (Å²) in [5, 5.41) is 11.9. The monoisotopic (exact) mass is 257 g/mol. The molecule has 18 heavy (non-hydrogen) atoms. The maximum atomic E-state index is 11.7. The van der Waals surface area contributed by atoms with E-state index in [0.29, 0.717) is 12.8 Å². The van der Waals surface area contributed by atoms with Crippen LogP contribution in [0.15, 0.2) is 0 Å². The Kier molecular flexibility index (Phi) is 4.24. The number of hydrogen-bond donors (Lipinski definition) is 2. The summed E-state index contributed by atoms with van der Waals surface area (Å²) in [4.78, 5) is 22.7. The molecule has 0 aromatic rings. The minimum absolute atomic E-state index is 0.376. The van der Waals surface area contributed by atoms with Crippen LogP contribution in [0.2, 0.25) is 0 Å². The van der Waals surface area contributed by atoms with Crippen molar-refractivity contribution in [3.05, 3.63) is 0 Å². The third-order valence-electron chi connectivity index (χ3n) is 3.13. The zero-order valence-electron chi connectivity index (χ0n) is 11.6. The molecule has 2 unspecified atom stereocenters. The number of ether oxygens (including phenoxy) is 1. The van der Waals surface area contributed by atoms with Crippen molar-refractivity contribution in [1.29, 1.82) is 0 Å². The van der Waals surface area contributed by atoms with Gasteiger partial charge in [-0.3, -0.25) is 4.79 Å². The largest absolute Gasteiger partial charge is 0.481 e. The summed E-state index contributed by atoms with van der Waals surface area (Å²) in [6, 6.07) is 0. The van der Waals surface area contributed by atoms with E-state index in [1.54, 1.807) is 20.8 Å². The Hall–Kier alpha value is -1.26. The number of amides is 1. The highest BCUT2D eigenvalue weighted by molar-refractivity contribution is 5.71. The van der Waals surface area contributed by atoms with Gasteiger partial charge in [-0.05, 0) is 47.0 Å². The van der Waals surface area contributed by atoms with Crippen molar-refractivity contribution >= 4 is 12.1 Å². The standard InChI is InChI=1S/C13H23NO4/c1-12(2,3)18-11(17)14-13(4)7-5-6-9(8-13)10(15)16/h9H,5-8H2,1-4H3,(H,14,17)(H,15,16). The molecule has 1 amide bonds. The van der Waals surface area contributed by atoms with E-state index in [9.17, 15) is 9.59 Å². The molecule has 0 spiro atoms. The first-order chi connectivity index (χ1) is 8.11. The highest BCUT2D eigenvalue weighted by atomic mass is 16.6. The molecule has 0 bridgehead atoms. The average molecular weight is 257 g/mol. The predicted molar refractivity (Wildman–Crippen MR) is 67.4 cm³/mol. The number of rotatable bonds is 2. The second-order valence-electron chi connectivity index (χ2n) is 6.32. The topological polar surface area (TPSA) is 75.6 Å². The minimum atomic E-state index is -0.785. The van der Waals surface area contributed by atoms with Gasteiger partial charge in [0, 0.05) is 5.54 Å². The third kappa shape index (κ3) is 4.55. The third-order valence-corrected chi connectivity index (χ3v) is 3.13. The van der Waals surface area contributed by atoms with Crippen molar-refractivity contribution in [1.82, 2.24) is 5.32 Å².